The van der Waals surface area contributed by atoms with Crippen LogP contribution in [0.15, 0.2) is 35.1 Å². The number of rotatable bonds is 3. The fraction of sp³-hybridized carbons (Fsp3) is 0.231. The highest BCUT2D eigenvalue weighted by Gasteiger charge is 2.06. The van der Waals surface area contributed by atoms with Gasteiger partial charge in [0.2, 0.25) is 5.43 Å². The van der Waals surface area contributed by atoms with Gasteiger partial charge in [0.05, 0.1) is 19.4 Å². The van der Waals surface area contributed by atoms with Crippen molar-refractivity contribution in [2.45, 2.75) is 13.5 Å². The normalized spacial score (nSPS) is 10.4. The van der Waals surface area contributed by atoms with E-state index in [1.165, 1.54) is 6.07 Å². The second kappa shape index (κ2) is 5.01. The highest BCUT2D eigenvalue weighted by Crippen LogP contribution is 2.15. The van der Waals surface area contributed by atoms with Gasteiger partial charge in [-0.2, -0.15) is 5.10 Å². The average molecular weight is 246 g/mol. The van der Waals surface area contributed by atoms with Crippen LogP contribution in [0.3, 0.4) is 0 Å². The largest absolute Gasteiger partial charge is 0.497 e. The summed E-state index contributed by atoms with van der Waals surface area (Å²) >= 11 is 0. The van der Waals surface area contributed by atoms with Gasteiger partial charge in [-0.25, -0.2) is 4.68 Å². The molecule has 0 unspecified atom stereocenters. The van der Waals surface area contributed by atoms with Crippen LogP contribution in [0.4, 0.5) is 0 Å². The average Bonchev–Trinajstić information content (AvgIpc) is 2.39. The summed E-state index contributed by atoms with van der Waals surface area (Å²) < 4.78 is 6.70. The van der Waals surface area contributed by atoms with Gasteiger partial charge in [0, 0.05) is 11.8 Å². The van der Waals surface area contributed by atoms with E-state index in [-0.39, 0.29) is 17.7 Å². The molecule has 2 rings (SSSR count). The van der Waals surface area contributed by atoms with E-state index in [1.807, 2.05) is 24.3 Å². The van der Waals surface area contributed by atoms with Crippen LogP contribution in [0.2, 0.25) is 0 Å². The summed E-state index contributed by atoms with van der Waals surface area (Å²) in [5.41, 5.74) is 1.40. The third kappa shape index (κ3) is 2.26. The summed E-state index contributed by atoms with van der Waals surface area (Å²) in [6.07, 6.45) is 0. The van der Waals surface area contributed by atoms with Gasteiger partial charge in [-0.1, -0.05) is 0 Å². The van der Waals surface area contributed by atoms with Gasteiger partial charge >= 0.3 is 0 Å². The Hall–Kier alpha value is -2.14. The first-order chi connectivity index (χ1) is 8.65. The number of hydrogen-bond donors (Lipinski definition) is 1. The Labute approximate surface area is 104 Å². The van der Waals surface area contributed by atoms with Gasteiger partial charge in [0.25, 0.3) is 0 Å². The minimum absolute atomic E-state index is 0.136. The molecule has 1 aromatic heterocycles. The van der Waals surface area contributed by atoms with Crippen LogP contribution < -0.4 is 10.2 Å². The number of nitrogens with zero attached hydrogens (tertiary/aromatic N) is 2. The van der Waals surface area contributed by atoms with Crippen molar-refractivity contribution < 1.29 is 9.84 Å². The lowest BCUT2D eigenvalue weighted by Gasteiger charge is -2.10. The van der Waals surface area contributed by atoms with Gasteiger partial charge in [-0.05, 0) is 31.2 Å². The first-order valence-corrected chi connectivity index (χ1v) is 5.51. The van der Waals surface area contributed by atoms with Crippen molar-refractivity contribution in [1.29, 1.82) is 0 Å². The third-order valence-corrected chi connectivity index (χ3v) is 2.65. The minimum atomic E-state index is -0.366. The van der Waals surface area contributed by atoms with E-state index in [9.17, 15) is 4.79 Å². The first kappa shape index (κ1) is 12.3. The number of methoxy groups -OCH3 is 1. The first-order valence-electron chi connectivity index (χ1n) is 5.51. The highest BCUT2D eigenvalue weighted by atomic mass is 16.5. The molecule has 0 bridgehead atoms. The molecule has 0 atom stereocenters. The number of aliphatic hydroxyl groups excluding tert-OH is 1. The molecular weight excluding hydrogens is 232 g/mol. The van der Waals surface area contributed by atoms with E-state index in [2.05, 4.69) is 5.10 Å². The van der Waals surface area contributed by atoms with Crippen molar-refractivity contribution in [2.24, 2.45) is 0 Å². The van der Waals surface area contributed by atoms with E-state index in [0.717, 1.165) is 11.4 Å². The van der Waals surface area contributed by atoms with Crippen LogP contribution in [0.5, 0.6) is 5.75 Å². The molecular formula is C13H14N2O3. The summed E-state index contributed by atoms with van der Waals surface area (Å²) in [4.78, 5) is 11.5. The molecule has 5 heteroatoms. The number of aliphatic hydroxyl groups is 1. The van der Waals surface area contributed by atoms with Crippen LogP contribution in [0, 0.1) is 6.92 Å². The second-order valence-corrected chi connectivity index (χ2v) is 3.86. The lowest BCUT2D eigenvalue weighted by Crippen LogP contribution is -2.18. The molecule has 18 heavy (non-hydrogen) atoms. The van der Waals surface area contributed by atoms with Crippen LogP contribution in [-0.2, 0) is 6.61 Å². The molecule has 1 aromatic carbocycles. The number of aryl methyl sites for hydroxylation is 1. The molecule has 0 aliphatic carbocycles. The molecule has 2 aromatic rings. The van der Waals surface area contributed by atoms with Crippen molar-refractivity contribution in [3.63, 3.8) is 0 Å². The maximum atomic E-state index is 11.5. The number of ether oxygens (including phenoxy) is 1. The van der Waals surface area contributed by atoms with E-state index in [1.54, 1.807) is 18.7 Å². The SMILES string of the molecule is COc1ccc(-n2nc(CO)c(=O)cc2C)cc1. The minimum Gasteiger partial charge on any atom is -0.497 e. The Balaban J connectivity index is 2.52. The lowest BCUT2D eigenvalue weighted by atomic mass is 10.2. The molecule has 1 N–H and O–H groups in total. The number of hydrogen-bond acceptors (Lipinski definition) is 4. The zero-order valence-corrected chi connectivity index (χ0v) is 10.3. The predicted molar refractivity (Wildman–Crippen MR) is 67.0 cm³/mol. The van der Waals surface area contributed by atoms with E-state index >= 15 is 0 Å². The molecule has 0 radical (unpaired) electrons. The monoisotopic (exact) mass is 246 g/mol. The van der Waals surface area contributed by atoms with Gasteiger partial charge in [-0.3, -0.25) is 4.79 Å². The van der Waals surface area contributed by atoms with Crippen molar-refractivity contribution in [1.82, 2.24) is 9.78 Å². The van der Waals surface area contributed by atoms with Gasteiger partial charge in [0.1, 0.15) is 11.4 Å². The van der Waals surface area contributed by atoms with E-state index in [0.29, 0.717) is 5.69 Å². The summed E-state index contributed by atoms with van der Waals surface area (Å²) in [5, 5.41) is 13.2. The molecule has 5 nitrogen and oxygen atoms in total. The van der Waals surface area contributed by atoms with Crippen molar-refractivity contribution in [3.8, 4) is 11.4 Å². The molecule has 0 saturated carbocycles. The molecule has 0 amide bonds. The second-order valence-electron chi connectivity index (χ2n) is 3.86. The Morgan fingerprint density at radius 3 is 2.56 bits per heavy atom. The van der Waals surface area contributed by atoms with Crippen LogP contribution >= 0.6 is 0 Å². The predicted octanol–water partition coefficient (Wildman–Crippen LogP) is 1.04. The molecule has 0 saturated heterocycles. The Morgan fingerprint density at radius 1 is 1.33 bits per heavy atom. The third-order valence-electron chi connectivity index (χ3n) is 2.65. The smallest absolute Gasteiger partial charge is 0.206 e. The Morgan fingerprint density at radius 2 is 2.00 bits per heavy atom. The molecule has 0 aliphatic heterocycles. The maximum absolute atomic E-state index is 11.5. The van der Waals surface area contributed by atoms with Gasteiger partial charge < -0.3 is 9.84 Å². The Bertz CT molecular complexity index is 603. The standard InChI is InChI=1S/C13H14N2O3/c1-9-7-13(17)12(8-16)14-15(9)10-3-5-11(18-2)6-4-10/h3-7,16H,8H2,1-2H3. The summed E-state index contributed by atoms with van der Waals surface area (Å²) in [6.45, 7) is 1.43. The molecule has 0 fully saturated rings. The van der Waals surface area contributed by atoms with Crippen LogP contribution in [-0.4, -0.2) is 22.0 Å². The quantitative estimate of drug-likeness (QED) is 0.879. The molecule has 0 aliphatic rings. The number of benzene rings is 1. The van der Waals surface area contributed by atoms with E-state index < -0.39 is 0 Å². The highest BCUT2D eigenvalue weighted by molar-refractivity contribution is 5.37. The molecule has 1 heterocycles. The van der Waals surface area contributed by atoms with Crippen LogP contribution in [0.1, 0.15) is 11.4 Å². The number of aromatic nitrogens is 2. The topological polar surface area (TPSA) is 64.3 Å². The van der Waals surface area contributed by atoms with Crippen LogP contribution in [0.25, 0.3) is 5.69 Å². The van der Waals surface area contributed by atoms with Gasteiger partial charge in [-0.15, -0.1) is 0 Å². The fourth-order valence-corrected chi connectivity index (χ4v) is 1.68. The molecule has 94 valence electrons. The Kier molecular flexibility index (Phi) is 3.43. The maximum Gasteiger partial charge on any atom is 0.206 e. The molecule has 0 spiro atoms. The summed E-state index contributed by atoms with van der Waals surface area (Å²) in [5.74, 6) is 0.750. The van der Waals surface area contributed by atoms with Gasteiger partial charge in [0.15, 0.2) is 0 Å². The summed E-state index contributed by atoms with van der Waals surface area (Å²) in [7, 11) is 1.60. The van der Waals surface area contributed by atoms with E-state index in [4.69, 9.17) is 9.84 Å². The fourth-order valence-electron chi connectivity index (χ4n) is 1.68. The lowest BCUT2D eigenvalue weighted by molar-refractivity contribution is 0.273. The zero-order chi connectivity index (χ0) is 13.1. The van der Waals surface area contributed by atoms with Crippen molar-refractivity contribution in [2.75, 3.05) is 7.11 Å². The zero-order valence-electron chi connectivity index (χ0n) is 10.3. The van der Waals surface area contributed by atoms with Crippen molar-refractivity contribution in [3.05, 3.63) is 51.9 Å². The summed E-state index contributed by atoms with van der Waals surface area (Å²) in [6, 6.07) is 8.76. The van der Waals surface area contributed by atoms with Crippen molar-refractivity contribution >= 4 is 0 Å².